The van der Waals surface area contributed by atoms with Gasteiger partial charge < -0.3 is 20.4 Å². The number of nitrogen functional groups attached to an aromatic ring is 1. The standard InChI is InChI=1S/C21H19F2N3O3.C6H5F2N/c1-12(27)24-10-16-11-26(21(28)29-16)15-8-17(22)20(18(23)9-15)14-3-4-19-13(7-14)5-6-25(19)2;7-4-1-5(8)3-6(9)2-4/h3-9,16H,10-11H2,1-2H3,(H,24,27);1-3H,9H2. The lowest BCUT2D eigenvalue weighted by Crippen LogP contribution is -2.33. The summed E-state index contributed by atoms with van der Waals surface area (Å²) >= 11 is 0. The molecule has 3 N–H and O–H groups in total. The lowest BCUT2D eigenvalue weighted by molar-refractivity contribution is -0.119. The first-order valence-electron chi connectivity index (χ1n) is 11.5. The van der Waals surface area contributed by atoms with Crippen LogP contribution < -0.4 is 16.0 Å². The van der Waals surface area contributed by atoms with Crippen molar-refractivity contribution in [3.05, 3.63) is 84.1 Å². The summed E-state index contributed by atoms with van der Waals surface area (Å²) in [5.41, 5.74) is 6.47. The number of nitrogens with one attached hydrogen (secondary N) is 1. The minimum atomic E-state index is -0.770. The molecule has 1 fully saturated rings. The molecule has 0 saturated carbocycles. The smallest absolute Gasteiger partial charge is 0.414 e. The number of aromatic nitrogens is 1. The van der Waals surface area contributed by atoms with Crippen molar-refractivity contribution in [1.29, 1.82) is 0 Å². The predicted octanol–water partition coefficient (Wildman–Crippen LogP) is 5.13. The number of aryl methyl sites for hydroxylation is 1. The number of nitrogens with two attached hydrogens (primary N) is 1. The molecule has 0 bridgehead atoms. The van der Waals surface area contributed by atoms with Crippen molar-refractivity contribution in [2.24, 2.45) is 7.05 Å². The summed E-state index contributed by atoms with van der Waals surface area (Å²) in [5, 5.41) is 3.43. The number of ether oxygens (including phenoxy) is 1. The van der Waals surface area contributed by atoms with Gasteiger partial charge in [-0.3, -0.25) is 9.69 Å². The number of benzene rings is 3. The molecular formula is C27H24F4N4O3. The van der Waals surface area contributed by atoms with Gasteiger partial charge in [-0.05, 0) is 48.0 Å². The summed E-state index contributed by atoms with van der Waals surface area (Å²) in [6.07, 6.45) is 0.580. The maximum absolute atomic E-state index is 14.9. The molecule has 11 heteroatoms. The van der Waals surface area contributed by atoms with Gasteiger partial charge in [-0.1, -0.05) is 6.07 Å². The van der Waals surface area contributed by atoms with Crippen molar-refractivity contribution < 1.29 is 31.9 Å². The number of carbonyl (C=O) groups excluding carboxylic acids is 2. The average molecular weight is 529 g/mol. The molecule has 7 nitrogen and oxygen atoms in total. The van der Waals surface area contributed by atoms with Crippen LogP contribution in [-0.4, -0.2) is 35.8 Å². The molecule has 198 valence electrons. The monoisotopic (exact) mass is 528 g/mol. The Balaban J connectivity index is 0.000000317. The molecule has 5 rings (SSSR count). The molecule has 3 aromatic carbocycles. The summed E-state index contributed by atoms with van der Waals surface area (Å²) in [4.78, 5) is 24.3. The number of hydrogen-bond donors (Lipinski definition) is 2. The number of carbonyl (C=O) groups is 2. The van der Waals surface area contributed by atoms with Gasteiger partial charge in [0.1, 0.15) is 29.4 Å². The fourth-order valence-corrected chi connectivity index (χ4v) is 4.10. The number of rotatable bonds is 4. The van der Waals surface area contributed by atoms with Gasteiger partial charge in [0.05, 0.1) is 24.3 Å². The van der Waals surface area contributed by atoms with E-state index in [0.29, 0.717) is 5.56 Å². The number of nitrogens with zero attached hydrogens (tertiary/aromatic N) is 2. The maximum Gasteiger partial charge on any atom is 0.414 e. The van der Waals surface area contributed by atoms with Crippen LogP contribution in [0.4, 0.5) is 33.7 Å². The highest BCUT2D eigenvalue weighted by molar-refractivity contribution is 5.91. The van der Waals surface area contributed by atoms with Gasteiger partial charge in [0.2, 0.25) is 5.91 Å². The minimum Gasteiger partial charge on any atom is -0.442 e. The molecule has 1 saturated heterocycles. The predicted molar refractivity (Wildman–Crippen MR) is 135 cm³/mol. The van der Waals surface area contributed by atoms with E-state index in [9.17, 15) is 27.2 Å². The molecule has 0 radical (unpaired) electrons. The lowest BCUT2D eigenvalue weighted by Gasteiger charge is -2.15. The minimum absolute atomic E-state index is 0.0693. The van der Waals surface area contributed by atoms with Gasteiger partial charge in [-0.2, -0.15) is 0 Å². The molecule has 1 atom stereocenters. The van der Waals surface area contributed by atoms with Crippen molar-refractivity contribution in [3.8, 4) is 11.1 Å². The average Bonchev–Trinajstić information content (AvgIpc) is 3.38. The maximum atomic E-state index is 14.9. The number of fused-ring (bicyclic) bond motifs is 1. The fourth-order valence-electron chi connectivity index (χ4n) is 4.10. The number of amides is 2. The van der Waals surface area contributed by atoms with Crippen LogP contribution in [0.25, 0.3) is 22.0 Å². The molecule has 2 amide bonds. The topological polar surface area (TPSA) is 89.6 Å². The van der Waals surface area contributed by atoms with Crippen molar-refractivity contribution in [2.45, 2.75) is 13.0 Å². The quantitative estimate of drug-likeness (QED) is 0.284. The highest BCUT2D eigenvalue weighted by Crippen LogP contribution is 2.33. The summed E-state index contributed by atoms with van der Waals surface area (Å²) in [6.45, 7) is 1.58. The fraction of sp³-hybridized carbons (Fsp3) is 0.185. The Hall–Kier alpha value is -4.54. The van der Waals surface area contributed by atoms with Crippen LogP contribution in [0.5, 0.6) is 0 Å². The Bertz CT molecular complexity index is 1450. The van der Waals surface area contributed by atoms with Gasteiger partial charge >= 0.3 is 6.09 Å². The van der Waals surface area contributed by atoms with Crippen molar-refractivity contribution in [2.75, 3.05) is 23.7 Å². The summed E-state index contributed by atoms with van der Waals surface area (Å²) in [5.74, 6) is -3.09. The van der Waals surface area contributed by atoms with E-state index in [2.05, 4.69) is 5.32 Å². The van der Waals surface area contributed by atoms with Crippen LogP contribution in [0, 0.1) is 23.3 Å². The van der Waals surface area contributed by atoms with Crippen molar-refractivity contribution in [1.82, 2.24) is 9.88 Å². The molecule has 1 aliphatic heterocycles. The zero-order valence-corrected chi connectivity index (χ0v) is 20.5. The molecule has 1 aromatic heterocycles. The third-order valence-corrected chi connectivity index (χ3v) is 5.85. The zero-order valence-electron chi connectivity index (χ0n) is 20.5. The first-order valence-corrected chi connectivity index (χ1v) is 11.5. The lowest BCUT2D eigenvalue weighted by atomic mass is 10.0. The second kappa shape index (κ2) is 10.8. The normalized spacial score (nSPS) is 14.7. The molecule has 1 aliphatic rings. The van der Waals surface area contributed by atoms with E-state index in [1.165, 1.54) is 6.92 Å². The third-order valence-electron chi connectivity index (χ3n) is 5.85. The van der Waals surface area contributed by atoms with Crippen LogP contribution in [-0.2, 0) is 16.6 Å². The summed E-state index contributed by atoms with van der Waals surface area (Å²) < 4.78 is 61.0. The van der Waals surface area contributed by atoms with E-state index in [4.69, 9.17) is 10.5 Å². The van der Waals surface area contributed by atoms with E-state index in [1.54, 1.807) is 12.1 Å². The summed E-state index contributed by atoms with van der Waals surface area (Å²) in [6, 6.07) is 12.2. The van der Waals surface area contributed by atoms with Crippen LogP contribution >= 0.6 is 0 Å². The van der Waals surface area contributed by atoms with Crippen LogP contribution in [0.1, 0.15) is 6.92 Å². The largest absolute Gasteiger partial charge is 0.442 e. The van der Waals surface area contributed by atoms with Gasteiger partial charge in [0, 0.05) is 42.8 Å². The van der Waals surface area contributed by atoms with E-state index >= 15 is 0 Å². The Kier molecular flexibility index (Phi) is 7.56. The molecule has 1 unspecified atom stereocenters. The molecule has 38 heavy (non-hydrogen) atoms. The molecule has 4 aromatic rings. The van der Waals surface area contributed by atoms with Gasteiger partial charge in [0.25, 0.3) is 0 Å². The zero-order chi connectivity index (χ0) is 27.6. The Morgan fingerprint density at radius 1 is 1.03 bits per heavy atom. The second-order valence-electron chi connectivity index (χ2n) is 8.74. The van der Waals surface area contributed by atoms with Gasteiger partial charge in [-0.15, -0.1) is 0 Å². The number of hydrogen-bond acceptors (Lipinski definition) is 4. The van der Waals surface area contributed by atoms with E-state index in [0.717, 1.165) is 46.1 Å². The van der Waals surface area contributed by atoms with Crippen LogP contribution in [0.3, 0.4) is 0 Å². The Morgan fingerprint density at radius 2 is 1.68 bits per heavy atom. The molecule has 0 aliphatic carbocycles. The highest BCUT2D eigenvalue weighted by atomic mass is 19.1. The SMILES string of the molecule is CC(=O)NCC1CN(c2cc(F)c(-c3ccc4c(ccn4C)c3)c(F)c2)C(=O)O1.Nc1cc(F)cc(F)c1. The van der Waals surface area contributed by atoms with E-state index in [1.807, 2.05) is 29.9 Å². The van der Waals surface area contributed by atoms with Gasteiger partial charge in [-0.25, -0.2) is 22.4 Å². The number of anilines is 2. The molecular weight excluding hydrogens is 504 g/mol. The molecule has 2 heterocycles. The number of cyclic esters (lactones) is 1. The van der Waals surface area contributed by atoms with Crippen molar-refractivity contribution in [3.63, 3.8) is 0 Å². The Morgan fingerprint density at radius 3 is 2.29 bits per heavy atom. The second-order valence-corrected chi connectivity index (χ2v) is 8.74. The summed E-state index contributed by atoms with van der Waals surface area (Å²) in [7, 11) is 1.90. The number of halogens is 4. The highest BCUT2D eigenvalue weighted by Gasteiger charge is 2.33. The first kappa shape index (κ1) is 26.5. The molecule has 0 spiro atoms. The van der Waals surface area contributed by atoms with E-state index < -0.39 is 35.5 Å². The van der Waals surface area contributed by atoms with Crippen LogP contribution in [0.15, 0.2) is 60.8 Å². The van der Waals surface area contributed by atoms with E-state index in [-0.39, 0.29) is 35.9 Å². The van der Waals surface area contributed by atoms with Crippen LogP contribution in [0.2, 0.25) is 0 Å². The Labute approximate surface area is 215 Å². The van der Waals surface area contributed by atoms with Crippen molar-refractivity contribution >= 4 is 34.3 Å². The first-order chi connectivity index (χ1) is 18.0. The third kappa shape index (κ3) is 5.88. The van der Waals surface area contributed by atoms with Gasteiger partial charge in [0.15, 0.2) is 0 Å².